The first kappa shape index (κ1) is 5.82. The lowest BCUT2D eigenvalue weighted by Crippen LogP contribution is -1.85. The van der Waals surface area contributed by atoms with Crippen LogP contribution in [0.4, 0.5) is 4.79 Å². The van der Waals surface area contributed by atoms with Crippen molar-refractivity contribution in [3.8, 4) is 0 Å². The Bertz CT molecular complexity index is 46.8. The molecule has 0 aliphatic carbocycles. The molecule has 0 aliphatic rings. The van der Waals surface area contributed by atoms with E-state index >= 15 is 0 Å². The van der Waals surface area contributed by atoms with E-state index in [1.54, 1.807) is 0 Å². The number of carbonyl (C=O) groups is 1. The van der Waals surface area contributed by atoms with Crippen LogP contribution >= 0.6 is 11.8 Å². The van der Waals surface area contributed by atoms with Crippen molar-refractivity contribution in [3.63, 3.8) is 0 Å². The third kappa shape index (κ3) is 2.08. The molecule has 0 atom stereocenters. The lowest BCUT2D eigenvalue weighted by Gasteiger charge is -1.86. The average Bonchev–Trinajstić information content (AvgIpc) is 1.65. The molecule has 0 saturated carbocycles. The predicted octanol–water partition coefficient (Wildman–Crippen LogP) is 1.28. The monoisotopic (exact) mass is 105 g/mol. The van der Waals surface area contributed by atoms with Crippen LogP contribution in [0.1, 0.15) is 0 Å². The van der Waals surface area contributed by atoms with E-state index in [0.29, 0.717) is 0 Å². The van der Waals surface area contributed by atoms with E-state index in [2.05, 4.69) is 11.0 Å². The van der Waals surface area contributed by atoms with Gasteiger partial charge in [0.2, 0.25) is 0 Å². The number of carbonyl (C=O) groups excluding carboxylic acids is 1. The summed E-state index contributed by atoms with van der Waals surface area (Å²) in [5, 5.41) is -0.352. The predicted molar refractivity (Wildman–Crippen MR) is 25.4 cm³/mol. The molecule has 0 spiro atoms. The molecule has 0 amide bonds. The summed E-state index contributed by atoms with van der Waals surface area (Å²) in [7, 11) is 1.32. The van der Waals surface area contributed by atoms with Crippen LogP contribution in [0.25, 0.3) is 0 Å². The van der Waals surface area contributed by atoms with Crippen LogP contribution in [0.3, 0.4) is 0 Å². The molecule has 0 aromatic carbocycles. The smallest absolute Gasteiger partial charge is 0.367 e. The fourth-order valence-electron chi connectivity index (χ4n) is 0.0589. The van der Waals surface area contributed by atoms with Gasteiger partial charge in [0.1, 0.15) is 0 Å². The van der Waals surface area contributed by atoms with E-state index < -0.39 is 0 Å². The molecule has 0 N–H and O–H groups in total. The Kier molecular flexibility index (Phi) is 2.94. The molecule has 0 aromatic rings. The third-order valence-corrected chi connectivity index (χ3v) is 0.687. The van der Waals surface area contributed by atoms with Crippen molar-refractivity contribution in [2.75, 3.05) is 7.11 Å². The molecular weight excluding hydrogens is 100 g/mol. The lowest BCUT2D eigenvalue weighted by atomic mass is 11.5. The van der Waals surface area contributed by atoms with Gasteiger partial charge in [0, 0.05) is 6.26 Å². The number of hydrogen-bond acceptors (Lipinski definition) is 3. The highest BCUT2D eigenvalue weighted by molar-refractivity contribution is 8.14. The highest BCUT2D eigenvalue weighted by Crippen LogP contribution is 1.97. The molecule has 6 heavy (non-hydrogen) atoms. The van der Waals surface area contributed by atoms with E-state index in [1.165, 1.54) is 7.11 Å². The van der Waals surface area contributed by atoms with Crippen LogP contribution in [-0.4, -0.2) is 12.4 Å². The third-order valence-electron chi connectivity index (χ3n) is 0.285. The van der Waals surface area contributed by atoms with Gasteiger partial charge in [-0.3, -0.25) is 0 Å². The van der Waals surface area contributed by atoms with E-state index in [4.69, 9.17) is 0 Å². The summed E-state index contributed by atoms with van der Waals surface area (Å²) in [5.41, 5.74) is 0. The Morgan fingerprint density at radius 3 is 2.50 bits per heavy atom. The van der Waals surface area contributed by atoms with Crippen molar-refractivity contribution in [1.29, 1.82) is 0 Å². The van der Waals surface area contributed by atoms with Crippen LogP contribution in [0.15, 0.2) is 0 Å². The quantitative estimate of drug-likeness (QED) is 0.434. The second-order valence-electron chi connectivity index (χ2n) is 0.598. The fraction of sp³-hybridized carbons (Fsp3) is 0.333. The molecule has 0 saturated heterocycles. The molecule has 0 rings (SSSR count). The molecule has 0 bridgehead atoms. The highest BCUT2D eigenvalue weighted by Gasteiger charge is 1.88. The van der Waals surface area contributed by atoms with Crippen LogP contribution in [0.5, 0.6) is 0 Å². The first-order valence-corrected chi connectivity index (χ1v) is 2.29. The van der Waals surface area contributed by atoms with Crippen LogP contribution < -0.4 is 0 Å². The van der Waals surface area contributed by atoms with Crippen molar-refractivity contribution >= 4 is 17.1 Å². The fourth-order valence-corrected chi connectivity index (χ4v) is 0.177. The largest absolute Gasteiger partial charge is 0.461 e. The molecule has 3 heteroatoms. The maximum atomic E-state index is 9.86. The van der Waals surface area contributed by atoms with Crippen LogP contribution in [0.2, 0.25) is 0 Å². The number of rotatable bonds is 0. The Morgan fingerprint density at radius 2 is 2.50 bits per heavy atom. The minimum absolute atomic E-state index is 0.352. The van der Waals surface area contributed by atoms with Gasteiger partial charge in [-0.25, -0.2) is 4.79 Å². The zero-order valence-corrected chi connectivity index (χ0v) is 4.25. The van der Waals surface area contributed by atoms with Crippen molar-refractivity contribution in [2.45, 2.75) is 0 Å². The van der Waals surface area contributed by atoms with E-state index in [-0.39, 0.29) is 5.30 Å². The van der Waals surface area contributed by atoms with Gasteiger partial charge in [-0.2, -0.15) is 0 Å². The average molecular weight is 105 g/mol. The van der Waals surface area contributed by atoms with Gasteiger partial charge in [0.25, 0.3) is 0 Å². The maximum Gasteiger partial charge on any atom is 0.367 e. The minimum atomic E-state index is -0.352. The van der Waals surface area contributed by atoms with Gasteiger partial charge in [-0.15, -0.1) is 0 Å². The second-order valence-corrected chi connectivity index (χ2v) is 1.22. The molecular formula is C3H5O2S. The molecule has 35 valence electrons. The molecule has 0 aromatic heterocycles. The van der Waals surface area contributed by atoms with Gasteiger partial charge in [-0.05, 0) is 11.8 Å². The maximum absolute atomic E-state index is 9.86. The first-order chi connectivity index (χ1) is 2.81. The second kappa shape index (κ2) is 3.03. The van der Waals surface area contributed by atoms with Crippen molar-refractivity contribution in [3.05, 3.63) is 6.26 Å². The Hall–Kier alpha value is -0.180. The highest BCUT2D eigenvalue weighted by atomic mass is 32.2. The summed E-state index contributed by atoms with van der Waals surface area (Å²) in [6.07, 6.45) is 3.20. The first-order valence-electron chi connectivity index (χ1n) is 1.31. The Labute approximate surface area is 40.9 Å². The number of hydrogen-bond donors (Lipinski definition) is 0. The zero-order valence-electron chi connectivity index (χ0n) is 3.43. The molecule has 0 fully saturated rings. The summed E-state index contributed by atoms with van der Waals surface area (Å²) < 4.78 is 4.16. The zero-order chi connectivity index (χ0) is 4.99. The number of methoxy groups -OCH3 is 1. The number of ether oxygens (including phenoxy) is 1. The van der Waals surface area contributed by atoms with Crippen molar-refractivity contribution in [2.24, 2.45) is 0 Å². The molecule has 0 aliphatic heterocycles. The van der Waals surface area contributed by atoms with Gasteiger partial charge in [0.15, 0.2) is 0 Å². The number of thioether (sulfide) groups is 1. The minimum Gasteiger partial charge on any atom is -0.461 e. The molecule has 2 nitrogen and oxygen atoms in total. The molecule has 1 radical (unpaired) electrons. The van der Waals surface area contributed by atoms with Crippen molar-refractivity contribution < 1.29 is 9.53 Å². The molecule has 0 heterocycles. The Morgan fingerprint density at radius 1 is 2.00 bits per heavy atom. The summed E-state index contributed by atoms with van der Waals surface area (Å²) in [5.74, 6) is 0. The summed E-state index contributed by atoms with van der Waals surface area (Å²) >= 11 is 0.814. The van der Waals surface area contributed by atoms with E-state index in [9.17, 15) is 4.79 Å². The van der Waals surface area contributed by atoms with Gasteiger partial charge >= 0.3 is 5.30 Å². The van der Waals surface area contributed by atoms with Crippen LogP contribution in [0, 0.1) is 6.26 Å². The summed E-state index contributed by atoms with van der Waals surface area (Å²) in [6, 6.07) is 0. The van der Waals surface area contributed by atoms with E-state index in [0.717, 1.165) is 11.8 Å². The SMILES string of the molecule is [CH2]SC(=O)OC. The summed E-state index contributed by atoms with van der Waals surface area (Å²) in [6.45, 7) is 0. The van der Waals surface area contributed by atoms with Gasteiger partial charge in [-0.1, -0.05) is 0 Å². The van der Waals surface area contributed by atoms with Crippen molar-refractivity contribution in [1.82, 2.24) is 0 Å². The summed E-state index contributed by atoms with van der Waals surface area (Å²) in [4.78, 5) is 9.86. The van der Waals surface area contributed by atoms with Gasteiger partial charge < -0.3 is 4.74 Å². The normalized spacial score (nSPS) is 7.67. The lowest BCUT2D eigenvalue weighted by molar-refractivity contribution is 0.200. The standard InChI is InChI=1S/C3H5O2S/c1-5-3(4)6-2/h2H2,1H3. The molecule has 0 unspecified atom stereocenters. The van der Waals surface area contributed by atoms with Gasteiger partial charge in [0.05, 0.1) is 7.11 Å². The van der Waals surface area contributed by atoms with E-state index in [1.807, 2.05) is 0 Å². The van der Waals surface area contributed by atoms with Crippen LogP contribution in [-0.2, 0) is 4.74 Å². The topological polar surface area (TPSA) is 26.3 Å². The Balaban J connectivity index is 2.99.